The zero-order chi connectivity index (χ0) is 17.3. The van der Waals surface area contributed by atoms with Crippen LogP contribution >= 0.6 is 0 Å². The maximum Gasteiger partial charge on any atom is 0.270 e. The Kier molecular flexibility index (Phi) is 4.09. The molecule has 1 aromatic heterocycles. The largest absolute Gasteiger partial charge is 0.387 e. The molecule has 0 aliphatic heterocycles. The van der Waals surface area contributed by atoms with Crippen molar-refractivity contribution >= 4 is 16.6 Å². The highest BCUT2D eigenvalue weighted by Crippen LogP contribution is 2.18. The molecule has 7 heteroatoms. The van der Waals surface area contributed by atoms with Gasteiger partial charge in [-0.05, 0) is 18.6 Å². The Morgan fingerprint density at radius 3 is 2.62 bits per heavy atom. The van der Waals surface area contributed by atoms with E-state index in [1.54, 1.807) is 12.1 Å². The van der Waals surface area contributed by atoms with E-state index in [0.717, 1.165) is 5.56 Å². The van der Waals surface area contributed by atoms with E-state index >= 15 is 0 Å². The Morgan fingerprint density at radius 2 is 1.96 bits per heavy atom. The minimum atomic E-state index is -0.874. The van der Waals surface area contributed by atoms with E-state index in [9.17, 15) is 20.0 Å². The minimum Gasteiger partial charge on any atom is -0.387 e. The Labute approximate surface area is 137 Å². The van der Waals surface area contributed by atoms with Gasteiger partial charge in [0, 0.05) is 12.1 Å². The highest BCUT2D eigenvalue weighted by atomic mass is 16.6. The van der Waals surface area contributed by atoms with Gasteiger partial charge in [0.2, 0.25) is 0 Å². The van der Waals surface area contributed by atoms with Crippen molar-refractivity contribution in [2.45, 2.75) is 19.6 Å². The molecule has 0 saturated heterocycles. The first-order valence-corrected chi connectivity index (χ1v) is 7.34. The number of non-ortho nitro benzene ring substituents is 1. The molecule has 2 aromatic carbocycles. The third-order valence-corrected chi connectivity index (χ3v) is 3.85. The summed E-state index contributed by atoms with van der Waals surface area (Å²) in [6.45, 7) is 1.97. The fourth-order valence-corrected chi connectivity index (χ4v) is 2.47. The van der Waals surface area contributed by atoms with Gasteiger partial charge in [0.1, 0.15) is 0 Å². The van der Waals surface area contributed by atoms with Gasteiger partial charge >= 0.3 is 0 Å². The summed E-state index contributed by atoms with van der Waals surface area (Å²) in [5.41, 5.74) is 1.55. The van der Waals surface area contributed by atoms with Gasteiger partial charge in [-0.1, -0.05) is 29.8 Å². The summed E-state index contributed by atoms with van der Waals surface area (Å²) in [5, 5.41) is 21.3. The number of rotatable bonds is 4. The Hall–Kier alpha value is -3.06. The van der Waals surface area contributed by atoms with Gasteiger partial charge in [-0.3, -0.25) is 19.5 Å². The lowest BCUT2D eigenvalue weighted by Crippen LogP contribution is -2.23. The number of aryl methyl sites for hydroxylation is 1. The molecule has 122 valence electrons. The summed E-state index contributed by atoms with van der Waals surface area (Å²) in [5.74, 6) is 0. The standard InChI is InChI=1S/C17H15N3O4/c1-11-2-4-12(5-3-11)16(21)9-19-10-18-15-7-6-13(20(23)24)8-14(15)17(19)22/h2-8,10,16,21H,9H2,1H3. The molecule has 0 radical (unpaired) electrons. The van der Waals surface area contributed by atoms with E-state index < -0.39 is 16.6 Å². The van der Waals surface area contributed by atoms with Gasteiger partial charge < -0.3 is 5.11 Å². The molecule has 0 bridgehead atoms. The molecule has 3 aromatic rings. The van der Waals surface area contributed by atoms with E-state index in [-0.39, 0.29) is 17.6 Å². The maximum atomic E-state index is 12.5. The van der Waals surface area contributed by atoms with Crippen LogP contribution in [0.4, 0.5) is 5.69 Å². The number of fused-ring (bicyclic) bond motifs is 1. The van der Waals surface area contributed by atoms with Gasteiger partial charge in [-0.25, -0.2) is 4.98 Å². The van der Waals surface area contributed by atoms with Crippen LogP contribution in [-0.4, -0.2) is 19.6 Å². The predicted molar refractivity (Wildman–Crippen MR) is 88.8 cm³/mol. The Morgan fingerprint density at radius 1 is 1.25 bits per heavy atom. The Balaban J connectivity index is 1.97. The quantitative estimate of drug-likeness (QED) is 0.586. The molecule has 1 atom stereocenters. The fourth-order valence-electron chi connectivity index (χ4n) is 2.47. The average Bonchev–Trinajstić information content (AvgIpc) is 2.57. The number of hydrogen-bond donors (Lipinski definition) is 1. The van der Waals surface area contributed by atoms with Gasteiger partial charge in [0.25, 0.3) is 11.2 Å². The van der Waals surface area contributed by atoms with Crippen LogP contribution in [0.5, 0.6) is 0 Å². The third kappa shape index (κ3) is 3.02. The van der Waals surface area contributed by atoms with Crippen LogP contribution in [0.25, 0.3) is 10.9 Å². The number of aliphatic hydroxyl groups is 1. The van der Waals surface area contributed by atoms with Crippen molar-refractivity contribution in [3.8, 4) is 0 Å². The first kappa shape index (κ1) is 15.8. The van der Waals surface area contributed by atoms with Crippen LogP contribution < -0.4 is 5.56 Å². The number of nitro groups is 1. The molecule has 0 aliphatic carbocycles. The summed E-state index contributed by atoms with van der Waals surface area (Å²) < 4.78 is 1.26. The Bertz CT molecular complexity index is 964. The van der Waals surface area contributed by atoms with Crippen LogP contribution in [0.15, 0.2) is 53.6 Å². The summed E-state index contributed by atoms with van der Waals surface area (Å²) in [4.78, 5) is 27.0. The first-order chi connectivity index (χ1) is 11.5. The van der Waals surface area contributed by atoms with Crippen molar-refractivity contribution in [2.75, 3.05) is 0 Å². The number of nitro benzene ring substituents is 1. The number of benzene rings is 2. The summed E-state index contributed by atoms with van der Waals surface area (Å²) in [6.07, 6.45) is 0.467. The highest BCUT2D eigenvalue weighted by Gasteiger charge is 2.14. The molecule has 3 rings (SSSR count). The molecular weight excluding hydrogens is 310 g/mol. The summed E-state index contributed by atoms with van der Waals surface area (Å²) in [6, 6.07) is 11.3. The molecule has 0 saturated carbocycles. The fraction of sp³-hybridized carbons (Fsp3) is 0.176. The SMILES string of the molecule is Cc1ccc(C(O)Cn2cnc3ccc([N+](=O)[O-])cc3c2=O)cc1. The average molecular weight is 325 g/mol. The normalized spacial score (nSPS) is 12.2. The monoisotopic (exact) mass is 325 g/mol. The second-order valence-corrected chi connectivity index (χ2v) is 5.59. The topological polar surface area (TPSA) is 98.3 Å². The van der Waals surface area contributed by atoms with Crippen molar-refractivity contribution in [1.29, 1.82) is 0 Å². The summed E-state index contributed by atoms with van der Waals surface area (Å²) in [7, 11) is 0. The first-order valence-electron chi connectivity index (χ1n) is 7.34. The molecule has 1 N–H and O–H groups in total. The van der Waals surface area contributed by atoms with Crippen LogP contribution in [0.2, 0.25) is 0 Å². The van der Waals surface area contributed by atoms with Crippen LogP contribution in [-0.2, 0) is 6.54 Å². The van der Waals surface area contributed by atoms with Crippen molar-refractivity contribution < 1.29 is 10.0 Å². The molecule has 24 heavy (non-hydrogen) atoms. The number of aliphatic hydroxyl groups excluding tert-OH is 1. The molecule has 0 aliphatic rings. The zero-order valence-corrected chi connectivity index (χ0v) is 12.9. The smallest absolute Gasteiger partial charge is 0.270 e. The van der Waals surface area contributed by atoms with Gasteiger partial charge in [0.15, 0.2) is 0 Å². The van der Waals surface area contributed by atoms with E-state index in [1.165, 1.54) is 29.1 Å². The third-order valence-electron chi connectivity index (χ3n) is 3.85. The second-order valence-electron chi connectivity index (χ2n) is 5.59. The van der Waals surface area contributed by atoms with Gasteiger partial charge in [0.05, 0.1) is 34.8 Å². The lowest BCUT2D eigenvalue weighted by molar-refractivity contribution is -0.384. The van der Waals surface area contributed by atoms with Gasteiger partial charge in [-0.2, -0.15) is 0 Å². The molecule has 0 spiro atoms. The van der Waals surface area contributed by atoms with Crippen molar-refractivity contribution in [1.82, 2.24) is 9.55 Å². The molecule has 0 amide bonds. The molecule has 0 fully saturated rings. The highest BCUT2D eigenvalue weighted by molar-refractivity contribution is 5.79. The number of hydrogen-bond acceptors (Lipinski definition) is 5. The lowest BCUT2D eigenvalue weighted by atomic mass is 10.1. The van der Waals surface area contributed by atoms with Crippen molar-refractivity contribution in [3.05, 3.63) is 80.4 Å². The van der Waals surface area contributed by atoms with Crippen LogP contribution in [0.3, 0.4) is 0 Å². The van der Waals surface area contributed by atoms with E-state index in [0.29, 0.717) is 11.1 Å². The van der Waals surface area contributed by atoms with E-state index in [1.807, 2.05) is 19.1 Å². The predicted octanol–water partition coefficient (Wildman–Crippen LogP) is 2.35. The van der Waals surface area contributed by atoms with Crippen molar-refractivity contribution in [2.24, 2.45) is 0 Å². The molecule has 1 heterocycles. The molecular formula is C17H15N3O4. The minimum absolute atomic E-state index is 0.0214. The molecule has 1 unspecified atom stereocenters. The second kappa shape index (κ2) is 6.21. The number of nitrogens with zero attached hydrogens (tertiary/aromatic N) is 3. The van der Waals surface area contributed by atoms with Crippen LogP contribution in [0.1, 0.15) is 17.2 Å². The molecule has 7 nitrogen and oxygen atoms in total. The zero-order valence-electron chi connectivity index (χ0n) is 12.9. The van der Waals surface area contributed by atoms with E-state index in [4.69, 9.17) is 0 Å². The van der Waals surface area contributed by atoms with Crippen LogP contribution in [0, 0.1) is 17.0 Å². The number of aromatic nitrogens is 2. The summed E-state index contributed by atoms with van der Waals surface area (Å²) >= 11 is 0. The maximum absolute atomic E-state index is 12.5. The van der Waals surface area contributed by atoms with E-state index in [2.05, 4.69) is 4.98 Å². The lowest BCUT2D eigenvalue weighted by Gasteiger charge is -2.13. The van der Waals surface area contributed by atoms with Crippen molar-refractivity contribution in [3.63, 3.8) is 0 Å². The van der Waals surface area contributed by atoms with Gasteiger partial charge in [-0.15, -0.1) is 0 Å².